The van der Waals surface area contributed by atoms with E-state index in [-0.39, 0.29) is 17.4 Å². The number of benzene rings is 2. The Kier molecular flexibility index (Phi) is 5.16. The molecule has 0 aliphatic carbocycles. The highest BCUT2D eigenvalue weighted by Crippen LogP contribution is 2.29. The van der Waals surface area contributed by atoms with Crippen LogP contribution >= 0.6 is 11.3 Å². The number of hydrogen-bond donors (Lipinski definition) is 0. The van der Waals surface area contributed by atoms with Gasteiger partial charge in [-0.3, -0.25) is 14.7 Å². The van der Waals surface area contributed by atoms with Gasteiger partial charge in [-0.1, -0.05) is 30.3 Å². The van der Waals surface area contributed by atoms with Crippen molar-refractivity contribution in [3.8, 4) is 11.3 Å². The SMILES string of the molecule is O=C(c1cnccn1)N(Cc1ccccc1)c1nc(-c2ccc(F)cc2)cs1. The fraction of sp³-hybridized carbons (Fsp3) is 0.0476. The van der Waals surface area contributed by atoms with E-state index in [1.807, 2.05) is 35.7 Å². The van der Waals surface area contributed by atoms with E-state index in [4.69, 9.17) is 0 Å². The third kappa shape index (κ3) is 3.94. The summed E-state index contributed by atoms with van der Waals surface area (Å²) in [6, 6.07) is 15.8. The van der Waals surface area contributed by atoms with E-state index in [2.05, 4.69) is 15.0 Å². The quantitative estimate of drug-likeness (QED) is 0.500. The maximum atomic E-state index is 13.2. The van der Waals surface area contributed by atoms with Crippen molar-refractivity contribution >= 4 is 22.4 Å². The molecule has 7 heteroatoms. The van der Waals surface area contributed by atoms with Crippen molar-refractivity contribution in [3.63, 3.8) is 0 Å². The normalized spacial score (nSPS) is 10.6. The molecule has 0 aliphatic heterocycles. The lowest BCUT2D eigenvalue weighted by Crippen LogP contribution is -2.31. The first-order chi connectivity index (χ1) is 13.7. The molecule has 0 spiro atoms. The smallest absolute Gasteiger partial charge is 0.278 e. The van der Waals surface area contributed by atoms with Crippen LogP contribution in [0.25, 0.3) is 11.3 Å². The van der Waals surface area contributed by atoms with Crippen LogP contribution in [0.4, 0.5) is 9.52 Å². The molecule has 4 rings (SSSR count). The molecule has 28 heavy (non-hydrogen) atoms. The molecule has 0 unspecified atom stereocenters. The minimum absolute atomic E-state index is 0.247. The van der Waals surface area contributed by atoms with Gasteiger partial charge in [-0.2, -0.15) is 0 Å². The molecule has 0 atom stereocenters. The van der Waals surface area contributed by atoms with E-state index < -0.39 is 0 Å². The maximum Gasteiger partial charge on any atom is 0.280 e. The van der Waals surface area contributed by atoms with Crippen LogP contribution in [-0.2, 0) is 6.54 Å². The minimum atomic E-state index is -0.303. The van der Waals surface area contributed by atoms with Crippen LogP contribution < -0.4 is 4.90 Å². The lowest BCUT2D eigenvalue weighted by atomic mass is 10.2. The predicted octanol–water partition coefficient (Wildman–Crippen LogP) is 4.59. The van der Waals surface area contributed by atoms with Crippen LogP contribution in [0.5, 0.6) is 0 Å². The Hall–Kier alpha value is -3.45. The number of halogens is 1. The number of hydrogen-bond acceptors (Lipinski definition) is 5. The van der Waals surface area contributed by atoms with Crippen molar-refractivity contribution < 1.29 is 9.18 Å². The molecule has 5 nitrogen and oxygen atoms in total. The summed E-state index contributed by atoms with van der Waals surface area (Å²) >= 11 is 1.35. The highest BCUT2D eigenvalue weighted by Gasteiger charge is 2.22. The van der Waals surface area contributed by atoms with Crippen molar-refractivity contribution in [2.45, 2.75) is 6.54 Å². The van der Waals surface area contributed by atoms with E-state index in [9.17, 15) is 9.18 Å². The molecular formula is C21H15FN4OS. The van der Waals surface area contributed by atoms with Gasteiger partial charge >= 0.3 is 0 Å². The van der Waals surface area contributed by atoms with Gasteiger partial charge in [-0.15, -0.1) is 11.3 Å². The van der Waals surface area contributed by atoms with Gasteiger partial charge < -0.3 is 0 Å². The number of carbonyl (C=O) groups excluding carboxylic acids is 1. The number of thiazole rings is 1. The summed E-state index contributed by atoms with van der Waals surface area (Å²) in [6.45, 7) is 0.354. The van der Waals surface area contributed by atoms with Crippen molar-refractivity contribution in [2.75, 3.05) is 4.90 Å². The molecule has 2 aromatic carbocycles. The molecule has 4 aromatic rings. The Morgan fingerprint density at radius 2 is 1.82 bits per heavy atom. The van der Waals surface area contributed by atoms with E-state index >= 15 is 0 Å². The monoisotopic (exact) mass is 390 g/mol. The summed E-state index contributed by atoms with van der Waals surface area (Å²) in [5.41, 5.74) is 2.69. The van der Waals surface area contributed by atoms with Gasteiger partial charge in [-0.25, -0.2) is 14.4 Å². The molecule has 0 radical (unpaired) electrons. The zero-order valence-corrected chi connectivity index (χ0v) is 15.5. The molecule has 138 valence electrons. The first-order valence-corrected chi connectivity index (χ1v) is 9.42. The second kappa shape index (κ2) is 8.06. The standard InChI is InChI=1S/C21H15FN4OS/c22-17-8-6-16(7-9-17)19-14-28-21(25-19)26(13-15-4-2-1-3-5-15)20(27)18-12-23-10-11-24-18/h1-12,14H,13H2. The Morgan fingerprint density at radius 3 is 2.54 bits per heavy atom. The van der Waals surface area contributed by atoms with Gasteiger partial charge in [-0.05, 0) is 29.8 Å². The van der Waals surface area contributed by atoms with Crippen molar-refractivity contribution in [2.24, 2.45) is 0 Å². The molecule has 0 saturated heterocycles. The average molecular weight is 390 g/mol. The van der Waals surface area contributed by atoms with Gasteiger partial charge in [0.15, 0.2) is 5.13 Å². The molecule has 0 saturated carbocycles. The molecule has 1 amide bonds. The third-order valence-corrected chi connectivity index (χ3v) is 4.94. The van der Waals surface area contributed by atoms with Crippen molar-refractivity contribution in [3.05, 3.63) is 95.6 Å². The van der Waals surface area contributed by atoms with Crippen LogP contribution in [0.3, 0.4) is 0 Å². The molecule has 2 heterocycles. The number of anilines is 1. The molecule has 0 N–H and O–H groups in total. The third-order valence-electron chi connectivity index (χ3n) is 4.07. The van der Waals surface area contributed by atoms with Gasteiger partial charge in [0.25, 0.3) is 5.91 Å². The zero-order chi connectivity index (χ0) is 19.3. The highest BCUT2D eigenvalue weighted by molar-refractivity contribution is 7.14. The van der Waals surface area contributed by atoms with E-state index in [0.29, 0.717) is 17.4 Å². The molecule has 0 fully saturated rings. The first-order valence-electron chi connectivity index (χ1n) is 8.54. The van der Waals surface area contributed by atoms with Crippen LogP contribution in [0.1, 0.15) is 16.1 Å². The fourth-order valence-corrected chi connectivity index (χ4v) is 3.51. The van der Waals surface area contributed by atoms with Crippen molar-refractivity contribution in [1.82, 2.24) is 15.0 Å². The fourth-order valence-electron chi connectivity index (χ4n) is 2.68. The summed E-state index contributed by atoms with van der Waals surface area (Å²) in [6.07, 6.45) is 4.45. The number of carbonyl (C=O) groups is 1. The van der Waals surface area contributed by atoms with E-state index in [1.54, 1.807) is 17.0 Å². The molecular weight excluding hydrogens is 375 g/mol. The molecule has 2 aromatic heterocycles. The lowest BCUT2D eigenvalue weighted by molar-refractivity contribution is 0.0980. The van der Waals surface area contributed by atoms with E-state index in [1.165, 1.54) is 42.1 Å². The number of rotatable bonds is 5. The first kappa shape index (κ1) is 17.9. The van der Waals surface area contributed by atoms with Gasteiger partial charge in [0.2, 0.25) is 0 Å². The van der Waals surface area contributed by atoms with E-state index in [0.717, 1.165) is 11.1 Å². The van der Waals surface area contributed by atoms with Gasteiger partial charge in [0.05, 0.1) is 18.4 Å². The Balaban J connectivity index is 1.69. The van der Waals surface area contributed by atoms with Crippen molar-refractivity contribution in [1.29, 1.82) is 0 Å². The minimum Gasteiger partial charge on any atom is -0.278 e. The predicted molar refractivity (Wildman–Crippen MR) is 106 cm³/mol. The van der Waals surface area contributed by atoms with Gasteiger partial charge in [0.1, 0.15) is 11.5 Å². The largest absolute Gasteiger partial charge is 0.280 e. The Morgan fingerprint density at radius 1 is 1.04 bits per heavy atom. The Bertz CT molecular complexity index is 1070. The second-order valence-corrected chi connectivity index (χ2v) is 6.83. The topological polar surface area (TPSA) is 59.0 Å². The summed E-state index contributed by atoms with van der Waals surface area (Å²) in [5.74, 6) is -0.584. The summed E-state index contributed by atoms with van der Waals surface area (Å²) in [4.78, 5) is 27.4. The lowest BCUT2D eigenvalue weighted by Gasteiger charge is -2.19. The van der Waals surface area contributed by atoms with Crippen LogP contribution in [-0.4, -0.2) is 20.9 Å². The summed E-state index contributed by atoms with van der Waals surface area (Å²) < 4.78 is 13.2. The highest BCUT2D eigenvalue weighted by atomic mass is 32.1. The van der Waals surface area contributed by atoms with Crippen LogP contribution in [0.15, 0.2) is 78.6 Å². The maximum absolute atomic E-state index is 13.2. The number of aromatic nitrogens is 3. The molecule has 0 aliphatic rings. The summed E-state index contributed by atoms with van der Waals surface area (Å²) in [5, 5.41) is 2.39. The van der Waals surface area contributed by atoms with Crippen LogP contribution in [0.2, 0.25) is 0 Å². The summed E-state index contributed by atoms with van der Waals surface area (Å²) in [7, 11) is 0. The number of nitrogens with zero attached hydrogens (tertiary/aromatic N) is 4. The number of amides is 1. The van der Waals surface area contributed by atoms with Crippen LogP contribution in [0, 0.1) is 5.82 Å². The Labute approximate surface area is 165 Å². The van der Waals surface area contributed by atoms with Gasteiger partial charge in [0, 0.05) is 23.3 Å². The average Bonchev–Trinajstić information content (AvgIpc) is 3.23. The molecule has 0 bridgehead atoms. The zero-order valence-electron chi connectivity index (χ0n) is 14.7. The second-order valence-electron chi connectivity index (χ2n) is 5.99.